The Kier molecular flexibility index (Phi) is 4.18. The van der Waals surface area contributed by atoms with E-state index in [1.807, 2.05) is 6.92 Å². The zero-order valence-corrected chi connectivity index (χ0v) is 13.0. The average Bonchev–Trinajstić information content (AvgIpc) is 2.90. The van der Waals surface area contributed by atoms with E-state index in [2.05, 4.69) is 15.1 Å². The van der Waals surface area contributed by atoms with E-state index in [1.54, 1.807) is 30.1 Å². The first-order chi connectivity index (χ1) is 10.7. The van der Waals surface area contributed by atoms with Crippen LogP contribution in [0.25, 0.3) is 5.82 Å². The molecule has 2 aromatic rings. The van der Waals surface area contributed by atoms with Gasteiger partial charge in [0.2, 0.25) is 0 Å². The van der Waals surface area contributed by atoms with Crippen molar-refractivity contribution in [2.45, 2.75) is 45.4 Å². The van der Waals surface area contributed by atoms with Crippen molar-refractivity contribution in [2.24, 2.45) is 0 Å². The van der Waals surface area contributed by atoms with Crippen LogP contribution < -0.4 is 0 Å². The number of aryl methyl sites for hydroxylation is 1. The quantitative estimate of drug-likeness (QED) is 0.794. The number of rotatable bonds is 5. The summed E-state index contributed by atoms with van der Waals surface area (Å²) in [6.45, 7) is 4.15. The Balaban J connectivity index is 2.02. The van der Waals surface area contributed by atoms with Gasteiger partial charge in [-0.25, -0.2) is 14.5 Å². The molecule has 1 aliphatic rings. The molecule has 6 nitrogen and oxygen atoms in total. The Bertz CT molecular complexity index is 677. The van der Waals surface area contributed by atoms with Gasteiger partial charge < -0.3 is 4.74 Å². The molecule has 1 fully saturated rings. The van der Waals surface area contributed by atoms with Crippen LogP contribution in [0.2, 0.25) is 0 Å². The molecule has 0 saturated heterocycles. The van der Waals surface area contributed by atoms with Gasteiger partial charge in [-0.1, -0.05) is 13.3 Å². The van der Waals surface area contributed by atoms with E-state index < -0.39 is 5.97 Å². The lowest BCUT2D eigenvalue weighted by Crippen LogP contribution is -2.17. The molecule has 0 aromatic carbocycles. The minimum absolute atomic E-state index is 0.323. The van der Waals surface area contributed by atoms with E-state index in [0.717, 1.165) is 36.5 Å². The normalized spacial score (nSPS) is 14.6. The molecule has 116 valence electrons. The fourth-order valence-electron chi connectivity index (χ4n) is 2.63. The number of hydrogen-bond acceptors (Lipinski definition) is 5. The summed E-state index contributed by atoms with van der Waals surface area (Å²) in [5.74, 6) is 0.785. The van der Waals surface area contributed by atoms with Crippen molar-refractivity contribution < 1.29 is 9.53 Å². The Morgan fingerprint density at radius 1 is 1.32 bits per heavy atom. The molecular weight excluding hydrogens is 280 g/mol. The molecular formula is C16H20N4O2. The zero-order valence-electron chi connectivity index (χ0n) is 13.0. The van der Waals surface area contributed by atoms with Crippen LogP contribution in [0.4, 0.5) is 0 Å². The standard InChI is InChI=1S/C16H20N4O2/c1-3-12-10-13(16(21)22-4-2)19-20(12)15-14(11-6-5-7-11)17-8-9-18-15/h8-11H,3-7H2,1-2H3. The highest BCUT2D eigenvalue weighted by molar-refractivity contribution is 5.87. The SMILES string of the molecule is CCOC(=O)c1cc(CC)n(-c2nccnc2C2CCC2)n1. The van der Waals surface area contributed by atoms with Gasteiger partial charge in [-0.2, -0.15) is 5.10 Å². The molecule has 0 bridgehead atoms. The lowest BCUT2D eigenvalue weighted by molar-refractivity contribution is 0.0519. The second kappa shape index (κ2) is 6.25. The van der Waals surface area contributed by atoms with Gasteiger partial charge in [0.25, 0.3) is 0 Å². The average molecular weight is 300 g/mol. The Hall–Kier alpha value is -2.24. The van der Waals surface area contributed by atoms with Crippen LogP contribution in [0.15, 0.2) is 18.5 Å². The van der Waals surface area contributed by atoms with Gasteiger partial charge in [0.15, 0.2) is 11.5 Å². The Morgan fingerprint density at radius 3 is 2.73 bits per heavy atom. The predicted octanol–water partition coefficient (Wildman–Crippen LogP) is 2.67. The predicted molar refractivity (Wildman–Crippen MR) is 81.1 cm³/mol. The van der Waals surface area contributed by atoms with Gasteiger partial charge in [0.1, 0.15) is 0 Å². The highest BCUT2D eigenvalue weighted by atomic mass is 16.5. The monoisotopic (exact) mass is 300 g/mol. The maximum atomic E-state index is 11.9. The van der Waals surface area contributed by atoms with E-state index in [9.17, 15) is 4.79 Å². The van der Waals surface area contributed by atoms with Crippen molar-refractivity contribution in [1.82, 2.24) is 19.7 Å². The molecule has 6 heteroatoms. The molecule has 0 radical (unpaired) electrons. The highest BCUT2D eigenvalue weighted by Crippen LogP contribution is 2.37. The van der Waals surface area contributed by atoms with E-state index >= 15 is 0 Å². The fourth-order valence-corrected chi connectivity index (χ4v) is 2.63. The Labute approximate surface area is 129 Å². The Morgan fingerprint density at radius 2 is 2.09 bits per heavy atom. The van der Waals surface area contributed by atoms with E-state index in [0.29, 0.717) is 18.2 Å². The third kappa shape index (κ3) is 2.61. The van der Waals surface area contributed by atoms with Crippen LogP contribution in [0.5, 0.6) is 0 Å². The number of hydrogen-bond donors (Lipinski definition) is 0. The lowest BCUT2D eigenvalue weighted by Gasteiger charge is -2.26. The van der Waals surface area contributed by atoms with E-state index in [-0.39, 0.29) is 0 Å². The summed E-state index contributed by atoms with van der Waals surface area (Å²) in [6.07, 6.45) is 7.65. The summed E-state index contributed by atoms with van der Waals surface area (Å²) in [5.41, 5.74) is 2.23. The zero-order chi connectivity index (χ0) is 15.5. The topological polar surface area (TPSA) is 69.9 Å². The van der Waals surface area contributed by atoms with Gasteiger partial charge in [-0.15, -0.1) is 0 Å². The molecule has 0 amide bonds. The summed E-state index contributed by atoms with van der Waals surface area (Å²) >= 11 is 0. The first-order valence-corrected chi connectivity index (χ1v) is 7.81. The van der Waals surface area contributed by atoms with Crippen LogP contribution in [0, 0.1) is 0 Å². The molecule has 0 unspecified atom stereocenters. The van der Waals surface area contributed by atoms with Crippen molar-refractivity contribution >= 4 is 5.97 Å². The van der Waals surface area contributed by atoms with Crippen LogP contribution in [0.3, 0.4) is 0 Å². The van der Waals surface area contributed by atoms with Crippen molar-refractivity contribution in [1.29, 1.82) is 0 Å². The molecule has 2 aromatic heterocycles. The smallest absolute Gasteiger partial charge is 0.358 e. The van der Waals surface area contributed by atoms with Gasteiger partial charge in [0, 0.05) is 24.0 Å². The number of ether oxygens (including phenoxy) is 1. The first-order valence-electron chi connectivity index (χ1n) is 7.81. The van der Waals surface area contributed by atoms with Crippen molar-refractivity contribution in [3.63, 3.8) is 0 Å². The molecule has 0 aliphatic heterocycles. The second-order valence-electron chi connectivity index (χ2n) is 5.40. The third-order valence-corrected chi connectivity index (χ3v) is 4.03. The minimum atomic E-state index is -0.398. The van der Waals surface area contributed by atoms with E-state index in [1.165, 1.54) is 6.42 Å². The number of nitrogens with zero attached hydrogens (tertiary/aromatic N) is 4. The second-order valence-corrected chi connectivity index (χ2v) is 5.40. The van der Waals surface area contributed by atoms with E-state index in [4.69, 9.17) is 4.74 Å². The summed E-state index contributed by atoms with van der Waals surface area (Å²) in [4.78, 5) is 20.9. The van der Waals surface area contributed by atoms with Crippen molar-refractivity contribution in [2.75, 3.05) is 6.61 Å². The molecule has 1 saturated carbocycles. The molecule has 0 N–H and O–H groups in total. The molecule has 2 heterocycles. The highest BCUT2D eigenvalue weighted by Gasteiger charge is 2.26. The fraction of sp³-hybridized carbons (Fsp3) is 0.500. The molecule has 22 heavy (non-hydrogen) atoms. The van der Waals surface area contributed by atoms with Crippen molar-refractivity contribution in [3.05, 3.63) is 35.5 Å². The minimum Gasteiger partial charge on any atom is -0.461 e. The van der Waals surface area contributed by atoms with Gasteiger partial charge in [-0.05, 0) is 32.3 Å². The number of carbonyl (C=O) groups is 1. The van der Waals surface area contributed by atoms with Gasteiger partial charge in [-0.3, -0.25) is 4.98 Å². The number of carbonyl (C=O) groups excluding carboxylic acids is 1. The third-order valence-electron chi connectivity index (χ3n) is 4.03. The van der Waals surface area contributed by atoms with Crippen LogP contribution in [0.1, 0.15) is 60.9 Å². The summed E-state index contributed by atoms with van der Waals surface area (Å²) in [6, 6.07) is 1.78. The molecule has 3 rings (SSSR count). The summed E-state index contributed by atoms with van der Waals surface area (Å²) in [5, 5.41) is 4.41. The summed E-state index contributed by atoms with van der Waals surface area (Å²) in [7, 11) is 0. The maximum absolute atomic E-state index is 11.9. The summed E-state index contributed by atoms with van der Waals surface area (Å²) < 4.78 is 6.78. The van der Waals surface area contributed by atoms with Gasteiger partial charge in [0.05, 0.1) is 12.3 Å². The first kappa shape index (κ1) is 14.7. The lowest BCUT2D eigenvalue weighted by atomic mass is 9.82. The molecule has 0 spiro atoms. The van der Waals surface area contributed by atoms with Crippen LogP contribution >= 0.6 is 0 Å². The number of esters is 1. The maximum Gasteiger partial charge on any atom is 0.358 e. The number of aromatic nitrogens is 4. The molecule has 0 atom stereocenters. The van der Waals surface area contributed by atoms with Crippen LogP contribution in [-0.2, 0) is 11.2 Å². The van der Waals surface area contributed by atoms with Crippen molar-refractivity contribution in [3.8, 4) is 5.82 Å². The largest absolute Gasteiger partial charge is 0.461 e. The van der Waals surface area contributed by atoms with Crippen LogP contribution in [-0.4, -0.2) is 32.3 Å². The molecule has 1 aliphatic carbocycles. The van der Waals surface area contributed by atoms with Gasteiger partial charge >= 0.3 is 5.97 Å².